The molecule has 0 aliphatic heterocycles. The highest BCUT2D eigenvalue weighted by Crippen LogP contribution is 2.17. The third-order valence-electron chi connectivity index (χ3n) is 2.24. The Morgan fingerprint density at radius 3 is 2.93 bits per heavy atom. The Balaban J connectivity index is 2.55. The number of aromatic nitrogens is 1. The van der Waals surface area contributed by atoms with Crippen LogP contribution in [0.4, 0.5) is 0 Å². The van der Waals surface area contributed by atoms with Gasteiger partial charge in [-0.3, -0.25) is 4.79 Å². The number of aryl methyl sites for hydroxylation is 1. The summed E-state index contributed by atoms with van der Waals surface area (Å²) >= 11 is 0. The Morgan fingerprint density at radius 2 is 2.21 bits per heavy atom. The first kappa shape index (κ1) is 8.81. The highest BCUT2D eigenvalue weighted by Gasteiger charge is 2.03. The summed E-state index contributed by atoms with van der Waals surface area (Å²) in [7, 11) is 0. The second-order valence-electron chi connectivity index (χ2n) is 3.40. The van der Waals surface area contributed by atoms with Crippen molar-refractivity contribution in [3.63, 3.8) is 0 Å². The van der Waals surface area contributed by atoms with Gasteiger partial charge in [-0.1, -0.05) is 12.1 Å². The van der Waals surface area contributed by atoms with E-state index in [1.54, 1.807) is 10.8 Å². The van der Waals surface area contributed by atoms with Gasteiger partial charge in [-0.2, -0.15) is 0 Å². The van der Waals surface area contributed by atoms with Crippen molar-refractivity contribution in [2.45, 2.75) is 13.5 Å². The molecule has 0 saturated carbocycles. The first-order valence-corrected chi connectivity index (χ1v) is 4.44. The Kier molecular flexibility index (Phi) is 2.00. The number of aliphatic carboxylic acids is 1. The fourth-order valence-electron chi connectivity index (χ4n) is 1.58. The number of hydrogen-bond donors (Lipinski definition) is 1. The molecule has 0 bridgehead atoms. The van der Waals surface area contributed by atoms with Crippen LogP contribution in [0, 0.1) is 6.92 Å². The maximum Gasteiger partial charge on any atom is 0.323 e. The minimum absolute atomic E-state index is 0.0208. The lowest BCUT2D eigenvalue weighted by molar-refractivity contribution is -0.137. The van der Waals surface area contributed by atoms with Gasteiger partial charge in [0.15, 0.2) is 0 Å². The first-order valence-electron chi connectivity index (χ1n) is 4.44. The van der Waals surface area contributed by atoms with E-state index in [-0.39, 0.29) is 6.54 Å². The van der Waals surface area contributed by atoms with Crippen LogP contribution in [0.2, 0.25) is 0 Å². The van der Waals surface area contributed by atoms with Crippen LogP contribution in [0.1, 0.15) is 5.56 Å². The summed E-state index contributed by atoms with van der Waals surface area (Å²) < 4.78 is 1.74. The van der Waals surface area contributed by atoms with Gasteiger partial charge in [-0.15, -0.1) is 0 Å². The number of benzene rings is 1. The van der Waals surface area contributed by atoms with Crippen molar-refractivity contribution in [2.24, 2.45) is 0 Å². The third-order valence-corrected chi connectivity index (χ3v) is 2.24. The second-order valence-corrected chi connectivity index (χ2v) is 3.40. The van der Waals surface area contributed by atoms with Crippen molar-refractivity contribution in [2.75, 3.05) is 0 Å². The predicted octanol–water partition coefficient (Wildman–Crippen LogP) is 2.03. The number of carboxylic acids is 1. The third kappa shape index (κ3) is 1.48. The van der Waals surface area contributed by atoms with Crippen LogP contribution in [-0.2, 0) is 11.3 Å². The van der Waals surface area contributed by atoms with Crippen LogP contribution >= 0.6 is 0 Å². The number of fused-ring (bicyclic) bond motifs is 1. The highest BCUT2D eigenvalue weighted by atomic mass is 16.4. The fraction of sp³-hybridized carbons (Fsp3) is 0.182. The zero-order valence-corrected chi connectivity index (χ0v) is 7.90. The van der Waals surface area contributed by atoms with E-state index in [4.69, 9.17) is 5.11 Å². The molecule has 3 heteroatoms. The maximum absolute atomic E-state index is 10.6. The zero-order valence-electron chi connectivity index (χ0n) is 7.90. The Labute approximate surface area is 81.6 Å². The van der Waals surface area contributed by atoms with Crippen LogP contribution in [0.3, 0.4) is 0 Å². The van der Waals surface area contributed by atoms with Gasteiger partial charge in [0, 0.05) is 11.7 Å². The average Bonchev–Trinajstić information content (AvgIpc) is 2.47. The second kappa shape index (κ2) is 3.18. The molecule has 0 aliphatic rings. The number of rotatable bonds is 2. The molecule has 0 aliphatic carbocycles. The molecule has 0 atom stereocenters. The summed E-state index contributed by atoms with van der Waals surface area (Å²) in [6.45, 7) is 2.02. The molecule has 3 nitrogen and oxygen atoms in total. The molecule has 0 fully saturated rings. The fourth-order valence-corrected chi connectivity index (χ4v) is 1.58. The summed E-state index contributed by atoms with van der Waals surface area (Å²) in [5, 5.41) is 9.77. The first-order chi connectivity index (χ1) is 6.66. The molecule has 0 saturated heterocycles. The van der Waals surface area contributed by atoms with Gasteiger partial charge in [-0.05, 0) is 30.0 Å². The monoisotopic (exact) mass is 189 g/mol. The van der Waals surface area contributed by atoms with Crippen molar-refractivity contribution >= 4 is 16.9 Å². The standard InChI is InChI=1S/C11H11NO2/c1-8-2-3-9-4-5-12(7-11(13)14)10(9)6-8/h2-6H,7H2,1H3,(H,13,14). The van der Waals surface area contributed by atoms with Gasteiger partial charge in [0.2, 0.25) is 0 Å². The Morgan fingerprint density at radius 1 is 1.43 bits per heavy atom. The molecule has 14 heavy (non-hydrogen) atoms. The summed E-state index contributed by atoms with van der Waals surface area (Å²) in [6, 6.07) is 7.95. The van der Waals surface area contributed by atoms with Crippen LogP contribution in [0.15, 0.2) is 30.5 Å². The summed E-state index contributed by atoms with van der Waals surface area (Å²) in [6.07, 6.45) is 1.80. The van der Waals surface area contributed by atoms with Crippen molar-refractivity contribution in [1.82, 2.24) is 4.57 Å². The molecule has 1 N–H and O–H groups in total. The molecule has 1 heterocycles. The lowest BCUT2D eigenvalue weighted by atomic mass is 10.2. The summed E-state index contributed by atoms with van der Waals surface area (Å²) in [5.74, 6) is -0.816. The van der Waals surface area contributed by atoms with Gasteiger partial charge in [0.05, 0.1) is 0 Å². The molecular formula is C11H11NO2. The Bertz CT molecular complexity index is 485. The molecule has 72 valence electrons. The predicted molar refractivity (Wildman–Crippen MR) is 54.3 cm³/mol. The van der Waals surface area contributed by atoms with Crippen LogP contribution in [0.5, 0.6) is 0 Å². The van der Waals surface area contributed by atoms with E-state index in [9.17, 15) is 4.79 Å². The van der Waals surface area contributed by atoms with Crippen LogP contribution in [-0.4, -0.2) is 15.6 Å². The smallest absolute Gasteiger partial charge is 0.323 e. The van der Waals surface area contributed by atoms with E-state index in [0.717, 1.165) is 16.5 Å². The number of nitrogens with zero attached hydrogens (tertiary/aromatic N) is 1. The molecule has 1 aromatic heterocycles. The number of carbonyl (C=O) groups is 1. The Hall–Kier alpha value is -1.77. The SMILES string of the molecule is Cc1ccc2ccn(CC(=O)O)c2c1. The number of hydrogen-bond acceptors (Lipinski definition) is 1. The van der Waals surface area contributed by atoms with E-state index in [1.807, 2.05) is 31.2 Å². The van der Waals surface area contributed by atoms with E-state index in [2.05, 4.69) is 0 Å². The average molecular weight is 189 g/mol. The molecule has 2 aromatic rings. The van der Waals surface area contributed by atoms with E-state index >= 15 is 0 Å². The maximum atomic E-state index is 10.6. The summed E-state index contributed by atoms with van der Waals surface area (Å²) in [4.78, 5) is 10.6. The van der Waals surface area contributed by atoms with Crippen molar-refractivity contribution in [3.05, 3.63) is 36.0 Å². The lowest BCUT2D eigenvalue weighted by Gasteiger charge is -2.01. The van der Waals surface area contributed by atoms with Crippen LogP contribution in [0.25, 0.3) is 10.9 Å². The molecule has 1 aromatic carbocycles. The molecule has 0 amide bonds. The van der Waals surface area contributed by atoms with Crippen molar-refractivity contribution in [3.8, 4) is 0 Å². The van der Waals surface area contributed by atoms with Gasteiger partial charge in [0.25, 0.3) is 0 Å². The summed E-state index contributed by atoms with van der Waals surface area (Å²) in [5.41, 5.74) is 2.12. The minimum Gasteiger partial charge on any atom is -0.480 e. The van der Waals surface area contributed by atoms with Crippen molar-refractivity contribution < 1.29 is 9.90 Å². The normalized spacial score (nSPS) is 10.6. The quantitative estimate of drug-likeness (QED) is 0.785. The molecule has 0 spiro atoms. The lowest BCUT2D eigenvalue weighted by Crippen LogP contribution is -2.07. The van der Waals surface area contributed by atoms with Gasteiger partial charge >= 0.3 is 5.97 Å². The molecule has 0 unspecified atom stereocenters. The molecular weight excluding hydrogens is 178 g/mol. The van der Waals surface area contributed by atoms with E-state index in [0.29, 0.717) is 0 Å². The van der Waals surface area contributed by atoms with Gasteiger partial charge < -0.3 is 9.67 Å². The zero-order chi connectivity index (χ0) is 10.1. The molecule has 2 rings (SSSR count). The van der Waals surface area contributed by atoms with Crippen molar-refractivity contribution in [1.29, 1.82) is 0 Å². The van der Waals surface area contributed by atoms with E-state index < -0.39 is 5.97 Å². The topological polar surface area (TPSA) is 42.2 Å². The number of carboxylic acid groups (broad SMARTS) is 1. The minimum atomic E-state index is -0.816. The van der Waals surface area contributed by atoms with Gasteiger partial charge in [-0.25, -0.2) is 0 Å². The van der Waals surface area contributed by atoms with Crippen LogP contribution < -0.4 is 0 Å². The van der Waals surface area contributed by atoms with Gasteiger partial charge in [0.1, 0.15) is 6.54 Å². The largest absolute Gasteiger partial charge is 0.480 e. The highest BCUT2D eigenvalue weighted by molar-refractivity contribution is 5.82. The molecule has 0 radical (unpaired) electrons. The van der Waals surface area contributed by atoms with E-state index in [1.165, 1.54) is 0 Å².